The molecule has 108 valence electrons. The van der Waals surface area contributed by atoms with Gasteiger partial charge in [-0.3, -0.25) is 0 Å². The van der Waals surface area contributed by atoms with Gasteiger partial charge < -0.3 is 15.7 Å². The molecule has 0 radical (unpaired) electrons. The molecule has 0 aliphatic heterocycles. The molecule has 1 unspecified atom stereocenters. The van der Waals surface area contributed by atoms with Crippen molar-refractivity contribution in [3.05, 3.63) is 35.9 Å². The molecular weight excluding hydrogens is 252 g/mol. The van der Waals surface area contributed by atoms with Gasteiger partial charge in [-0.05, 0) is 18.4 Å². The number of carbonyl (C=O) groups excluding carboxylic acids is 1. The topological polar surface area (TPSA) is 61.4 Å². The van der Waals surface area contributed by atoms with E-state index >= 15 is 0 Å². The first-order valence-corrected chi connectivity index (χ1v) is 6.89. The number of rotatable bonds is 8. The fourth-order valence-corrected chi connectivity index (χ4v) is 1.79. The highest BCUT2D eigenvalue weighted by atomic mass is 16.3. The summed E-state index contributed by atoms with van der Waals surface area (Å²) < 4.78 is 0. The largest absolute Gasteiger partial charge is 0.391 e. The maximum absolute atomic E-state index is 11.5. The minimum atomic E-state index is -0.579. The van der Waals surface area contributed by atoms with Gasteiger partial charge in [0.05, 0.1) is 6.10 Å². The average Bonchev–Trinajstić information content (AvgIpc) is 2.46. The van der Waals surface area contributed by atoms with Crippen molar-refractivity contribution in [2.24, 2.45) is 0 Å². The number of amides is 2. The Morgan fingerprint density at radius 1 is 1.25 bits per heavy atom. The molecule has 20 heavy (non-hydrogen) atoms. The lowest BCUT2D eigenvalue weighted by Gasteiger charge is -2.12. The Kier molecular flexibility index (Phi) is 7.93. The van der Waals surface area contributed by atoms with E-state index in [1.54, 1.807) is 0 Å². The number of nitrogens with one attached hydrogen (secondary N) is 2. The van der Waals surface area contributed by atoms with E-state index in [1.165, 1.54) is 0 Å². The Balaban J connectivity index is 2.10. The fourth-order valence-electron chi connectivity index (χ4n) is 1.79. The van der Waals surface area contributed by atoms with E-state index in [-0.39, 0.29) is 12.6 Å². The molecule has 0 aliphatic rings. The molecule has 0 aliphatic carbocycles. The summed E-state index contributed by atoms with van der Waals surface area (Å²) in [5.74, 6) is 2.56. The second-order valence-electron chi connectivity index (χ2n) is 4.64. The van der Waals surface area contributed by atoms with E-state index in [1.807, 2.05) is 30.3 Å². The van der Waals surface area contributed by atoms with Crippen LogP contribution in [0.5, 0.6) is 0 Å². The summed E-state index contributed by atoms with van der Waals surface area (Å²) in [5, 5.41) is 15.2. The van der Waals surface area contributed by atoms with Gasteiger partial charge in [-0.25, -0.2) is 4.79 Å². The maximum atomic E-state index is 11.5. The van der Waals surface area contributed by atoms with Crippen LogP contribution < -0.4 is 10.6 Å². The first kappa shape index (κ1) is 16.1. The van der Waals surface area contributed by atoms with E-state index in [9.17, 15) is 9.90 Å². The van der Waals surface area contributed by atoms with Gasteiger partial charge in [-0.1, -0.05) is 30.3 Å². The predicted molar refractivity (Wildman–Crippen MR) is 80.2 cm³/mol. The quantitative estimate of drug-likeness (QED) is 0.499. The van der Waals surface area contributed by atoms with Crippen molar-refractivity contribution in [1.82, 2.24) is 10.6 Å². The standard InChI is InChI=1S/C16H22N2O2/c1-2-3-4-8-11-17-16(20)18-13-15(19)12-14-9-6-5-7-10-14/h1,5-7,9-10,15,19H,3-4,8,11-13H2,(H2,17,18,20). The van der Waals surface area contributed by atoms with Gasteiger partial charge in [-0.15, -0.1) is 12.3 Å². The normalized spacial score (nSPS) is 11.4. The highest BCUT2D eigenvalue weighted by molar-refractivity contribution is 5.73. The lowest BCUT2D eigenvalue weighted by molar-refractivity contribution is 0.170. The van der Waals surface area contributed by atoms with Gasteiger partial charge in [0.15, 0.2) is 0 Å². The molecule has 1 aromatic carbocycles. The Hall–Kier alpha value is -1.99. The predicted octanol–water partition coefficient (Wildman–Crippen LogP) is 1.69. The average molecular weight is 274 g/mol. The van der Waals surface area contributed by atoms with Crippen LogP contribution in [-0.2, 0) is 6.42 Å². The molecule has 0 fully saturated rings. The summed E-state index contributed by atoms with van der Waals surface area (Å²) >= 11 is 0. The van der Waals surface area contributed by atoms with Crippen LogP contribution in [0, 0.1) is 12.3 Å². The van der Waals surface area contributed by atoms with Crippen LogP contribution in [0.4, 0.5) is 4.79 Å². The molecule has 0 bridgehead atoms. The van der Waals surface area contributed by atoms with Crippen molar-refractivity contribution < 1.29 is 9.90 Å². The molecule has 0 spiro atoms. The van der Waals surface area contributed by atoms with Crippen molar-refractivity contribution in [3.8, 4) is 12.3 Å². The van der Waals surface area contributed by atoms with E-state index in [2.05, 4.69) is 16.6 Å². The second-order valence-corrected chi connectivity index (χ2v) is 4.64. The summed E-state index contributed by atoms with van der Waals surface area (Å²) in [6.07, 6.45) is 7.60. The molecule has 0 aromatic heterocycles. The fraction of sp³-hybridized carbons (Fsp3) is 0.438. The summed E-state index contributed by atoms with van der Waals surface area (Å²) in [5.41, 5.74) is 1.05. The molecule has 4 nitrogen and oxygen atoms in total. The zero-order chi connectivity index (χ0) is 14.6. The lowest BCUT2D eigenvalue weighted by Crippen LogP contribution is -2.40. The zero-order valence-corrected chi connectivity index (χ0v) is 11.6. The number of terminal acetylenes is 1. The van der Waals surface area contributed by atoms with Crippen molar-refractivity contribution in [2.75, 3.05) is 13.1 Å². The highest BCUT2D eigenvalue weighted by Gasteiger charge is 2.07. The minimum absolute atomic E-state index is 0.241. The lowest BCUT2D eigenvalue weighted by atomic mass is 10.1. The van der Waals surface area contributed by atoms with Crippen LogP contribution in [0.1, 0.15) is 24.8 Å². The van der Waals surface area contributed by atoms with Crippen LogP contribution in [-0.4, -0.2) is 30.3 Å². The molecule has 1 atom stereocenters. The second kappa shape index (κ2) is 9.88. The third kappa shape index (κ3) is 7.45. The molecular formula is C16H22N2O2. The van der Waals surface area contributed by atoms with Crippen molar-refractivity contribution in [1.29, 1.82) is 0 Å². The third-order valence-electron chi connectivity index (χ3n) is 2.85. The Labute approximate surface area is 120 Å². The highest BCUT2D eigenvalue weighted by Crippen LogP contribution is 2.02. The SMILES string of the molecule is C#CCCCCNC(=O)NCC(O)Cc1ccccc1. The van der Waals surface area contributed by atoms with Crippen molar-refractivity contribution in [2.45, 2.75) is 31.8 Å². The molecule has 2 amide bonds. The Morgan fingerprint density at radius 3 is 2.70 bits per heavy atom. The van der Waals surface area contributed by atoms with Crippen LogP contribution in [0.2, 0.25) is 0 Å². The summed E-state index contributed by atoms with van der Waals surface area (Å²) in [6, 6.07) is 9.44. The zero-order valence-electron chi connectivity index (χ0n) is 11.6. The number of aliphatic hydroxyl groups is 1. The monoisotopic (exact) mass is 274 g/mol. The van der Waals surface area contributed by atoms with E-state index < -0.39 is 6.10 Å². The number of hydrogen-bond donors (Lipinski definition) is 3. The smallest absolute Gasteiger partial charge is 0.314 e. The van der Waals surface area contributed by atoms with Gasteiger partial charge in [0.2, 0.25) is 0 Å². The Morgan fingerprint density at radius 2 is 2.00 bits per heavy atom. The summed E-state index contributed by atoms with van der Waals surface area (Å²) in [4.78, 5) is 11.5. The number of benzene rings is 1. The molecule has 0 saturated heterocycles. The first-order valence-electron chi connectivity index (χ1n) is 6.89. The number of carbonyl (C=O) groups is 1. The van der Waals surface area contributed by atoms with Gasteiger partial charge >= 0.3 is 6.03 Å². The minimum Gasteiger partial charge on any atom is -0.391 e. The summed E-state index contributed by atoms with van der Waals surface area (Å²) in [7, 11) is 0. The van der Waals surface area contributed by atoms with Crippen LogP contribution in [0.15, 0.2) is 30.3 Å². The van der Waals surface area contributed by atoms with Crippen molar-refractivity contribution >= 4 is 6.03 Å². The summed E-state index contributed by atoms with van der Waals surface area (Å²) in [6.45, 7) is 0.841. The molecule has 3 N–H and O–H groups in total. The van der Waals surface area contributed by atoms with Gasteiger partial charge in [0.25, 0.3) is 0 Å². The van der Waals surface area contributed by atoms with Gasteiger partial charge in [-0.2, -0.15) is 0 Å². The number of unbranched alkanes of at least 4 members (excludes halogenated alkanes) is 2. The van der Waals surface area contributed by atoms with Gasteiger partial charge in [0.1, 0.15) is 0 Å². The van der Waals surface area contributed by atoms with E-state index in [0.29, 0.717) is 13.0 Å². The number of urea groups is 1. The molecule has 1 rings (SSSR count). The Bertz CT molecular complexity index is 426. The molecule has 1 aromatic rings. The molecule has 0 saturated carbocycles. The number of hydrogen-bond acceptors (Lipinski definition) is 2. The maximum Gasteiger partial charge on any atom is 0.314 e. The number of aliphatic hydroxyl groups excluding tert-OH is 1. The first-order chi connectivity index (χ1) is 9.72. The van der Waals surface area contributed by atoms with Crippen LogP contribution in [0.25, 0.3) is 0 Å². The van der Waals surface area contributed by atoms with Crippen LogP contribution in [0.3, 0.4) is 0 Å². The van der Waals surface area contributed by atoms with E-state index in [4.69, 9.17) is 6.42 Å². The van der Waals surface area contributed by atoms with E-state index in [0.717, 1.165) is 24.8 Å². The van der Waals surface area contributed by atoms with Crippen molar-refractivity contribution in [3.63, 3.8) is 0 Å². The molecule has 0 heterocycles. The van der Waals surface area contributed by atoms with Gasteiger partial charge in [0, 0.05) is 25.9 Å². The molecule has 4 heteroatoms. The third-order valence-corrected chi connectivity index (χ3v) is 2.85. The van der Waals surface area contributed by atoms with Crippen LogP contribution >= 0.6 is 0 Å².